The van der Waals surface area contributed by atoms with Gasteiger partial charge in [-0.25, -0.2) is 4.98 Å². The second kappa shape index (κ2) is 11.4. The molecule has 1 aliphatic rings. The molecule has 0 spiro atoms. The Balaban J connectivity index is 1.35. The first-order chi connectivity index (χ1) is 18.1. The molecule has 37 heavy (non-hydrogen) atoms. The van der Waals surface area contributed by atoms with Crippen LogP contribution >= 0.6 is 11.8 Å². The summed E-state index contributed by atoms with van der Waals surface area (Å²) in [7, 11) is 0. The predicted molar refractivity (Wildman–Crippen MR) is 147 cm³/mol. The van der Waals surface area contributed by atoms with Crippen molar-refractivity contribution < 1.29 is 9.59 Å². The lowest BCUT2D eigenvalue weighted by atomic mass is 10.1. The zero-order valence-electron chi connectivity index (χ0n) is 20.4. The van der Waals surface area contributed by atoms with E-state index < -0.39 is 0 Å². The van der Waals surface area contributed by atoms with Gasteiger partial charge in [0.25, 0.3) is 11.5 Å². The molecule has 1 fully saturated rings. The minimum atomic E-state index is -0.178. The lowest BCUT2D eigenvalue weighted by Crippen LogP contribution is -2.32. The molecule has 3 aromatic carbocycles. The van der Waals surface area contributed by atoms with Gasteiger partial charge in [-0.2, -0.15) is 0 Å². The van der Waals surface area contributed by atoms with Crippen LogP contribution in [0.1, 0.15) is 41.6 Å². The van der Waals surface area contributed by atoms with E-state index in [0.717, 1.165) is 31.2 Å². The van der Waals surface area contributed by atoms with Gasteiger partial charge in [0.15, 0.2) is 5.16 Å². The molecule has 1 saturated carbocycles. The summed E-state index contributed by atoms with van der Waals surface area (Å²) < 4.78 is 1.59. The summed E-state index contributed by atoms with van der Waals surface area (Å²) in [5.74, 6) is -0.133. The Morgan fingerprint density at radius 3 is 2.38 bits per heavy atom. The molecule has 4 aromatic rings. The van der Waals surface area contributed by atoms with Crippen LogP contribution in [0.2, 0.25) is 0 Å². The lowest BCUT2D eigenvalue weighted by Gasteiger charge is -2.14. The smallest absolute Gasteiger partial charge is 0.262 e. The Hall–Kier alpha value is -3.91. The van der Waals surface area contributed by atoms with Crippen molar-refractivity contribution >= 4 is 40.2 Å². The molecule has 1 aromatic heterocycles. The van der Waals surface area contributed by atoms with E-state index in [1.54, 1.807) is 28.8 Å². The molecular formula is C29H28N4O3S. The number of rotatable bonds is 8. The summed E-state index contributed by atoms with van der Waals surface area (Å²) in [5, 5.41) is 6.95. The molecular weight excluding hydrogens is 484 g/mol. The van der Waals surface area contributed by atoms with Crippen molar-refractivity contribution in [2.45, 2.75) is 43.4 Å². The van der Waals surface area contributed by atoms with Gasteiger partial charge in [0.2, 0.25) is 5.91 Å². The number of hydrogen-bond acceptors (Lipinski definition) is 5. The summed E-state index contributed by atoms with van der Waals surface area (Å²) in [5.41, 5.74) is 2.61. The molecule has 1 aliphatic carbocycles. The quantitative estimate of drug-likeness (QED) is 0.260. The molecule has 7 nitrogen and oxygen atoms in total. The van der Waals surface area contributed by atoms with Crippen LogP contribution in [-0.4, -0.2) is 33.2 Å². The van der Waals surface area contributed by atoms with Gasteiger partial charge < -0.3 is 10.6 Å². The summed E-state index contributed by atoms with van der Waals surface area (Å²) in [6, 6.07) is 24.0. The normalized spacial score (nSPS) is 13.5. The van der Waals surface area contributed by atoms with Crippen molar-refractivity contribution in [2.24, 2.45) is 0 Å². The van der Waals surface area contributed by atoms with Gasteiger partial charge in [0.1, 0.15) is 0 Å². The Morgan fingerprint density at radius 1 is 0.919 bits per heavy atom. The summed E-state index contributed by atoms with van der Waals surface area (Å²) in [6.07, 6.45) is 4.39. The Morgan fingerprint density at radius 2 is 1.62 bits per heavy atom. The van der Waals surface area contributed by atoms with Crippen LogP contribution in [0, 0.1) is 0 Å². The van der Waals surface area contributed by atoms with Crippen molar-refractivity contribution in [3.8, 4) is 0 Å². The number of benzene rings is 3. The zero-order chi connectivity index (χ0) is 25.6. The zero-order valence-corrected chi connectivity index (χ0v) is 21.2. The van der Waals surface area contributed by atoms with Crippen LogP contribution in [0.15, 0.2) is 88.8 Å². The number of nitrogens with one attached hydrogen (secondary N) is 2. The van der Waals surface area contributed by atoms with Gasteiger partial charge >= 0.3 is 0 Å². The van der Waals surface area contributed by atoms with Crippen molar-refractivity contribution in [1.82, 2.24) is 14.9 Å². The third-order valence-corrected chi connectivity index (χ3v) is 7.44. The first-order valence-electron chi connectivity index (χ1n) is 12.4. The highest BCUT2D eigenvalue weighted by atomic mass is 32.2. The molecule has 188 valence electrons. The maximum Gasteiger partial charge on any atom is 0.262 e. The Bertz CT molecular complexity index is 1460. The number of carbonyl (C=O) groups excluding carboxylic acids is 2. The molecule has 0 saturated heterocycles. The van der Waals surface area contributed by atoms with Gasteiger partial charge in [-0.1, -0.05) is 67.1 Å². The molecule has 0 unspecified atom stereocenters. The molecule has 0 aliphatic heterocycles. The first kappa shape index (κ1) is 24.8. The average molecular weight is 513 g/mol. The molecule has 5 rings (SSSR count). The fourth-order valence-electron chi connectivity index (χ4n) is 4.53. The molecule has 1 heterocycles. The monoisotopic (exact) mass is 512 g/mol. The van der Waals surface area contributed by atoms with E-state index in [0.29, 0.717) is 27.3 Å². The fraction of sp³-hybridized carbons (Fsp3) is 0.241. The molecule has 0 bridgehead atoms. The predicted octanol–water partition coefficient (Wildman–Crippen LogP) is 4.85. The number of amides is 2. The minimum absolute atomic E-state index is 0.0661. The third-order valence-electron chi connectivity index (χ3n) is 6.46. The van der Waals surface area contributed by atoms with Crippen molar-refractivity contribution in [3.63, 3.8) is 0 Å². The van der Waals surface area contributed by atoms with Gasteiger partial charge in [-0.05, 0) is 54.8 Å². The number of thioether (sulfide) groups is 1. The summed E-state index contributed by atoms with van der Waals surface area (Å²) in [4.78, 5) is 43.2. The largest absolute Gasteiger partial charge is 0.349 e. The van der Waals surface area contributed by atoms with Gasteiger partial charge in [-0.3, -0.25) is 19.0 Å². The number of fused-ring (bicyclic) bond motifs is 1. The van der Waals surface area contributed by atoms with Crippen molar-refractivity contribution in [1.29, 1.82) is 0 Å². The Labute approximate surface area is 219 Å². The van der Waals surface area contributed by atoms with Gasteiger partial charge in [0, 0.05) is 17.3 Å². The second-order valence-electron chi connectivity index (χ2n) is 9.16. The number of aromatic nitrogens is 2. The van der Waals surface area contributed by atoms with Gasteiger partial charge in [-0.15, -0.1) is 0 Å². The van der Waals surface area contributed by atoms with Crippen molar-refractivity contribution in [2.75, 3.05) is 11.1 Å². The standard InChI is InChI=1S/C29H28N4O3S/c34-26(30-22-8-2-1-3-9-22)19-37-29-32-25-13-7-6-12-24(25)28(36)33(29)18-20-14-16-21(17-15-20)27(35)31-23-10-4-5-11-23/h1-3,6-9,12-17,23H,4-5,10-11,18-19H2,(H,30,34)(H,31,35). The molecule has 2 N–H and O–H groups in total. The van der Waals surface area contributed by atoms with Crippen LogP contribution in [0.25, 0.3) is 10.9 Å². The topological polar surface area (TPSA) is 93.1 Å². The molecule has 2 amide bonds. The van der Waals surface area contributed by atoms with Gasteiger partial charge in [0.05, 0.1) is 23.2 Å². The number of carbonyl (C=O) groups is 2. The summed E-state index contributed by atoms with van der Waals surface area (Å²) in [6.45, 7) is 0.282. The van der Waals surface area contributed by atoms with E-state index in [9.17, 15) is 14.4 Å². The third kappa shape index (κ3) is 6.09. The SMILES string of the molecule is O=C(CSc1nc2ccccc2c(=O)n1Cc1ccc(C(=O)NC2CCCC2)cc1)Nc1ccccc1. The second-order valence-corrected chi connectivity index (χ2v) is 10.1. The van der Waals surface area contributed by atoms with Crippen LogP contribution in [0.5, 0.6) is 0 Å². The van der Waals surface area contributed by atoms with E-state index in [2.05, 4.69) is 10.6 Å². The maximum absolute atomic E-state index is 13.4. The maximum atomic E-state index is 13.4. The summed E-state index contributed by atoms with van der Waals surface area (Å²) >= 11 is 1.22. The fourth-order valence-corrected chi connectivity index (χ4v) is 5.33. The number of hydrogen-bond donors (Lipinski definition) is 2. The van der Waals surface area contributed by atoms with E-state index in [1.807, 2.05) is 54.6 Å². The van der Waals surface area contributed by atoms with E-state index in [4.69, 9.17) is 4.98 Å². The molecule has 0 atom stereocenters. The minimum Gasteiger partial charge on any atom is -0.349 e. The number of para-hydroxylation sites is 2. The van der Waals surface area contributed by atoms with Crippen LogP contribution < -0.4 is 16.2 Å². The Kier molecular flexibility index (Phi) is 7.65. The highest BCUT2D eigenvalue weighted by molar-refractivity contribution is 7.99. The number of nitrogens with zero attached hydrogens (tertiary/aromatic N) is 2. The van der Waals surface area contributed by atoms with E-state index in [-0.39, 0.29) is 35.7 Å². The molecule has 0 radical (unpaired) electrons. The number of anilines is 1. The van der Waals surface area contributed by atoms with E-state index in [1.165, 1.54) is 11.8 Å². The van der Waals surface area contributed by atoms with Crippen molar-refractivity contribution in [3.05, 3.63) is 100 Å². The average Bonchev–Trinajstić information content (AvgIpc) is 3.43. The highest BCUT2D eigenvalue weighted by Gasteiger charge is 2.18. The highest BCUT2D eigenvalue weighted by Crippen LogP contribution is 2.21. The van der Waals surface area contributed by atoms with Crippen LogP contribution in [-0.2, 0) is 11.3 Å². The molecule has 8 heteroatoms. The van der Waals surface area contributed by atoms with Crippen LogP contribution in [0.3, 0.4) is 0 Å². The lowest BCUT2D eigenvalue weighted by molar-refractivity contribution is -0.113. The van der Waals surface area contributed by atoms with E-state index >= 15 is 0 Å². The van der Waals surface area contributed by atoms with Crippen LogP contribution in [0.4, 0.5) is 5.69 Å². The first-order valence-corrected chi connectivity index (χ1v) is 13.4.